The van der Waals surface area contributed by atoms with E-state index in [0.29, 0.717) is 12.4 Å². The predicted molar refractivity (Wildman–Crippen MR) is 88.7 cm³/mol. The number of hydrogen-bond acceptors (Lipinski definition) is 6. The molecule has 1 saturated heterocycles. The van der Waals surface area contributed by atoms with Crippen molar-refractivity contribution >= 4 is 0 Å². The Labute approximate surface area is 140 Å². The minimum Gasteiger partial charge on any atom is -0.390 e. The van der Waals surface area contributed by atoms with Crippen LogP contribution in [0.1, 0.15) is 12.8 Å². The van der Waals surface area contributed by atoms with Crippen molar-refractivity contribution in [2.45, 2.75) is 31.6 Å². The van der Waals surface area contributed by atoms with Crippen molar-refractivity contribution in [3.05, 3.63) is 40.9 Å². The van der Waals surface area contributed by atoms with Gasteiger partial charge in [0.05, 0.1) is 18.8 Å². The highest BCUT2D eigenvalue weighted by Gasteiger charge is 2.20. The summed E-state index contributed by atoms with van der Waals surface area (Å²) in [5.41, 5.74) is 0.781. The third kappa shape index (κ3) is 4.11. The number of benzene rings is 1. The predicted octanol–water partition coefficient (Wildman–Crippen LogP) is 0.975. The molecule has 1 N–H and O–H groups in total. The molecule has 0 saturated carbocycles. The Morgan fingerprint density at radius 2 is 2.21 bits per heavy atom. The van der Waals surface area contributed by atoms with Gasteiger partial charge in [-0.25, -0.2) is 4.79 Å². The van der Waals surface area contributed by atoms with Crippen molar-refractivity contribution in [2.75, 3.05) is 26.7 Å². The Morgan fingerprint density at radius 1 is 1.42 bits per heavy atom. The fraction of sp³-hybridized carbons (Fsp3) is 0.529. The van der Waals surface area contributed by atoms with Gasteiger partial charge in [0.2, 0.25) is 0 Å². The van der Waals surface area contributed by atoms with Crippen LogP contribution >= 0.6 is 0 Å². The van der Waals surface area contributed by atoms with Gasteiger partial charge in [0.25, 0.3) is 0 Å². The third-order valence-electron chi connectivity index (χ3n) is 4.17. The molecular weight excluding hydrogens is 310 g/mol. The van der Waals surface area contributed by atoms with E-state index < -0.39 is 11.9 Å². The zero-order chi connectivity index (χ0) is 16.9. The quantitative estimate of drug-likeness (QED) is 0.813. The second-order valence-electron chi connectivity index (χ2n) is 6.26. The van der Waals surface area contributed by atoms with Gasteiger partial charge < -0.3 is 14.7 Å². The molecule has 2 heterocycles. The monoisotopic (exact) mass is 333 g/mol. The lowest BCUT2D eigenvalue weighted by Crippen LogP contribution is -2.37. The summed E-state index contributed by atoms with van der Waals surface area (Å²) in [4.78, 5) is 13.9. The van der Waals surface area contributed by atoms with Gasteiger partial charge in [0.1, 0.15) is 0 Å². The van der Waals surface area contributed by atoms with Crippen molar-refractivity contribution < 1.29 is 14.4 Å². The molecule has 0 radical (unpaired) electrons. The van der Waals surface area contributed by atoms with E-state index in [4.69, 9.17) is 9.26 Å². The van der Waals surface area contributed by atoms with Gasteiger partial charge in [-0.2, -0.15) is 0 Å². The van der Waals surface area contributed by atoms with E-state index in [9.17, 15) is 9.90 Å². The number of likely N-dealkylation sites (N-methyl/N-ethyl adjacent to an activating group) is 1. The maximum atomic E-state index is 11.9. The Morgan fingerprint density at radius 3 is 2.92 bits per heavy atom. The van der Waals surface area contributed by atoms with Crippen LogP contribution in [0.3, 0.4) is 0 Å². The molecular formula is C17H23N3O4. The van der Waals surface area contributed by atoms with Crippen LogP contribution in [0.15, 0.2) is 39.6 Å². The minimum absolute atomic E-state index is 0.141. The summed E-state index contributed by atoms with van der Waals surface area (Å²) in [6, 6.07) is 9.32. The first-order chi connectivity index (χ1) is 11.6. The maximum absolute atomic E-state index is 11.9. The number of aliphatic hydroxyl groups excluding tert-OH is 1. The normalized spacial score (nSPS) is 19.0. The van der Waals surface area contributed by atoms with Crippen molar-refractivity contribution in [2.24, 2.45) is 0 Å². The molecule has 1 aliphatic rings. The fourth-order valence-corrected chi connectivity index (χ4v) is 3.06. The summed E-state index contributed by atoms with van der Waals surface area (Å²) < 4.78 is 11.8. The zero-order valence-electron chi connectivity index (χ0n) is 13.8. The second-order valence-corrected chi connectivity index (χ2v) is 6.26. The van der Waals surface area contributed by atoms with Crippen LogP contribution < -0.4 is 5.76 Å². The first-order valence-electron chi connectivity index (χ1n) is 8.23. The van der Waals surface area contributed by atoms with Crippen LogP contribution in [0.25, 0.3) is 11.4 Å². The zero-order valence-corrected chi connectivity index (χ0v) is 13.8. The molecule has 130 valence electrons. The van der Waals surface area contributed by atoms with Gasteiger partial charge in [-0.3, -0.25) is 9.09 Å². The first-order valence-corrected chi connectivity index (χ1v) is 8.23. The molecule has 0 spiro atoms. The van der Waals surface area contributed by atoms with Gasteiger partial charge in [0.15, 0.2) is 5.82 Å². The highest BCUT2D eigenvalue weighted by atomic mass is 16.5. The Kier molecular flexibility index (Phi) is 5.44. The average molecular weight is 333 g/mol. The highest BCUT2D eigenvalue weighted by Crippen LogP contribution is 2.16. The molecule has 3 rings (SSSR count). The lowest BCUT2D eigenvalue weighted by molar-refractivity contribution is 0.0556. The van der Waals surface area contributed by atoms with Crippen molar-refractivity contribution in [1.29, 1.82) is 0 Å². The SMILES string of the molecule is CN(CC(O)Cn1c(-c2ccccc2)noc1=O)CC1CCCO1. The van der Waals surface area contributed by atoms with Crippen molar-refractivity contribution in [3.8, 4) is 11.4 Å². The molecule has 0 aliphatic carbocycles. The Hall–Kier alpha value is -1.96. The maximum Gasteiger partial charge on any atom is 0.441 e. The Bertz CT molecular complexity index is 691. The van der Waals surface area contributed by atoms with Crippen LogP contribution in [0.4, 0.5) is 0 Å². The smallest absolute Gasteiger partial charge is 0.390 e. The third-order valence-corrected chi connectivity index (χ3v) is 4.17. The Balaban J connectivity index is 1.63. The number of aliphatic hydroxyl groups is 1. The summed E-state index contributed by atoms with van der Waals surface area (Å²) >= 11 is 0. The molecule has 2 atom stereocenters. The summed E-state index contributed by atoms with van der Waals surface area (Å²) in [5.74, 6) is -0.129. The fourth-order valence-electron chi connectivity index (χ4n) is 3.06. The van der Waals surface area contributed by atoms with Crippen molar-refractivity contribution in [3.63, 3.8) is 0 Å². The molecule has 1 fully saturated rings. The number of rotatable bonds is 7. The first kappa shape index (κ1) is 16.9. The summed E-state index contributed by atoms with van der Waals surface area (Å²) in [6.07, 6.45) is 1.69. The molecule has 2 aromatic rings. The van der Waals surface area contributed by atoms with E-state index in [2.05, 4.69) is 5.16 Å². The van der Waals surface area contributed by atoms with Crippen LogP contribution in [-0.4, -0.2) is 58.7 Å². The van der Waals surface area contributed by atoms with Crippen LogP contribution in [0.5, 0.6) is 0 Å². The van der Waals surface area contributed by atoms with E-state index in [1.807, 2.05) is 42.3 Å². The van der Waals surface area contributed by atoms with Gasteiger partial charge in [-0.15, -0.1) is 0 Å². The van der Waals surface area contributed by atoms with Crippen LogP contribution in [-0.2, 0) is 11.3 Å². The molecule has 7 heteroatoms. The topological polar surface area (TPSA) is 80.7 Å². The number of ether oxygens (including phenoxy) is 1. The van der Waals surface area contributed by atoms with Gasteiger partial charge in [-0.05, 0) is 19.9 Å². The van der Waals surface area contributed by atoms with E-state index in [-0.39, 0.29) is 12.6 Å². The minimum atomic E-state index is -0.698. The summed E-state index contributed by atoms with van der Waals surface area (Å²) in [6.45, 7) is 2.19. The molecule has 0 bridgehead atoms. The van der Waals surface area contributed by atoms with Crippen LogP contribution in [0, 0.1) is 0 Å². The van der Waals surface area contributed by atoms with E-state index >= 15 is 0 Å². The summed E-state index contributed by atoms with van der Waals surface area (Å²) in [5, 5.41) is 14.2. The average Bonchev–Trinajstić information content (AvgIpc) is 3.19. The number of nitrogens with zero attached hydrogens (tertiary/aromatic N) is 3. The highest BCUT2D eigenvalue weighted by molar-refractivity contribution is 5.54. The van der Waals surface area contributed by atoms with E-state index in [0.717, 1.165) is 31.6 Å². The summed E-state index contributed by atoms with van der Waals surface area (Å²) in [7, 11) is 1.94. The lowest BCUT2D eigenvalue weighted by atomic mass is 10.2. The second kappa shape index (κ2) is 7.74. The number of hydrogen-bond donors (Lipinski definition) is 1. The largest absolute Gasteiger partial charge is 0.441 e. The molecule has 1 aromatic heterocycles. The van der Waals surface area contributed by atoms with E-state index in [1.165, 1.54) is 4.57 Å². The van der Waals surface area contributed by atoms with E-state index in [1.54, 1.807) is 0 Å². The van der Waals surface area contributed by atoms with Crippen LogP contribution in [0.2, 0.25) is 0 Å². The number of aromatic nitrogens is 2. The molecule has 0 amide bonds. The molecule has 7 nitrogen and oxygen atoms in total. The van der Waals surface area contributed by atoms with Gasteiger partial charge >= 0.3 is 5.76 Å². The molecule has 2 unspecified atom stereocenters. The molecule has 1 aliphatic heterocycles. The lowest BCUT2D eigenvalue weighted by Gasteiger charge is -2.23. The molecule has 24 heavy (non-hydrogen) atoms. The van der Waals surface area contributed by atoms with Gasteiger partial charge in [-0.1, -0.05) is 35.5 Å². The standard InChI is InChI=1S/C17H23N3O4/c1-19(12-15-8-5-9-23-15)10-14(21)11-20-16(18-24-17(20)22)13-6-3-2-4-7-13/h2-4,6-7,14-15,21H,5,8-12H2,1H3. The molecule has 1 aromatic carbocycles. The van der Waals surface area contributed by atoms with Crippen molar-refractivity contribution in [1.82, 2.24) is 14.6 Å². The van der Waals surface area contributed by atoms with Gasteiger partial charge in [0, 0.05) is 25.3 Å².